The standard InChI is InChI=1S/C26H27N3O2/c1-4-7-18(2)17-29-24-14-19(10-11-20(24)16-27-29)22-15-26(22)21-8-5-6-9-23(21)28(25(26)30)12-13-31-3/h4-11,14,16,22H,2,12-13,15,17H2,1,3H3. The molecule has 2 unspecified atom stereocenters. The van der Waals surface area contributed by atoms with Crippen molar-refractivity contribution in [2.75, 3.05) is 25.2 Å². The van der Waals surface area contributed by atoms with Crippen molar-refractivity contribution in [3.63, 3.8) is 0 Å². The number of fused-ring (bicyclic) bond motifs is 3. The zero-order valence-corrected chi connectivity index (χ0v) is 18.0. The average molecular weight is 414 g/mol. The Hall–Kier alpha value is -3.18. The van der Waals surface area contributed by atoms with Gasteiger partial charge in [-0.15, -0.1) is 0 Å². The zero-order valence-electron chi connectivity index (χ0n) is 18.0. The lowest BCUT2D eigenvalue weighted by atomic mass is 9.92. The van der Waals surface area contributed by atoms with E-state index in [1.165, 1.54) is 5.56 Å². The van der Waals surface area contributed by atoms with Gasteiger partial charge in [0.25, 0.3) is 0 Å². The number of amides is 1. The molecule has 1 saturated carbocycles. The van der Waals surface area contributed by atoms with Crippen LogP contribution in [0.4, 0.5) is 5.69 Å². The summed E-state index contributed by atoms with van der Waals surface area (Å²) in [4.78, 5) is 15.5. The lowest BCUT2D eigenvalue weighted by Gasteiger charge is -2.17. The van der Waals surface area contributed by atoms with Crippen molar-refractivity contribution in [3.8, 4) is 0 Å². The number of para-hydroxylation sites is 1. The number of rotatable bonds is 7. The molecule has 0 radical (unpaired) electrons. The maximum absolute atomic E-state index is 13.6. The molecule has 5 nitrogen and oxygen atoms in total. The van der Waals surface area contributed by atoms with Gasteiger partial charge in [0.15, 0.2) is 0 Å². The Morgan fingerprint density at radius 1 is 1.32 bits per heavy atom. The number of carbonyl (C=O) groups excluding carboxylic acids is 1. The smallest absolute Gasteiger partial charge is 0.238 e. The first-order valence-electron chi connectivity index (χ1n) is 10.8. The summed E-state index contributed by atoms with van der Waals surface area (Å²) in [6.07, 6.45) is 6.74. The Morgan fingerprint density at radius 3 is 2.97 bits per heavy atom. The summed E-state index contributed by atoms with van der Waals surface area (Å²) in [5.74, 6) is 0.381. The fourth-order valence-corrected chi connectivity index (χ4v) is 5.07. The van der Waals surface area contributed by atoms with Crippen LogP contribution in [0.2, 0.25) is 0 Å². The van der Waals surface area contributed by atoms with E-state index in [-0.39, 0.29) is 11.8 Å². The first-order valence-corrected chi connectivity index (χ1v) is 10.8. The van der Waals surface area contributed by atoms with Crippen LogP contribution in [0, 0.1) is 0 Å². The molecule has 0 N–H and O–H groups in total. The summed E-state index contributed by atoms with van der Waals surface area (Å²) < 4.78 is 7.24. The second-order valence-electron chi connectivity index (χ2n) is 8.47. The number of methoxy groups -OCH3 is 1. The van der Waals surface area contributed by atoms with Crippen molar-refractivity contribution in [1.82, 2.24) is 9.78 Å². The highest BCUT2D eigenvalue weighted by molar-refractivity contribution is 6.11. The fourth-order valence-electron chi connectivity index (χ4n) is 5.07. The molecule has 2 atom stereocenters. The van der Waals surface area contributed by atoms with E-state index < -0.39 is 5.41 Å². The van der Waals surface area contributed by atoms with Crippen molar-refractivity contribution in [3.05, 3.63) is 84.1 Å². The van der Waals surface area contributed by atoms with Crippen LogP contribution >= 0.6 is 0 Å². The number of ether oxygens (including phenoxy) is 1. The third-order valence-corrected chi connectivity index (χ3v) is 6.61. The molecule has 158 valence electrons. The molecule has 5 heteroatoms. The average Bonchev–Trinajstić information content (AvgIpc) is 3.35. The molecule has 1 spiro atoms. The maximum atomic E-state index is 13.6. The largest absolute Gasteiger partial charge is 0.383 e. The lowest BCUT2D eigenvalue weighted by molar-refractivity contribution is -0.120. The van der Waals surface area contributed by atoms with Gasteiger partial charge in [-0.2, -0.15) is 5.10 Å². The predicted octanol–water partition coefficient (Wildman–Crippen LogP) is 4.59. The van der Waals surface area contributed by atoms with Crippen molar-refractivity contribution in [1.29, 1.82) is 0 Å². The number of allylic oxidation sites excluding steroid dienone is 3. The lowest BCUT2D eigenvalue weighted by Crippen LogP contribution is -2.35. The molecule has 1 aliphatic carbocycles. The molecule has 2 heterocycles. The number of hydrogen-bond donors (Lipinski definition) is 0. The predicted molar refractivity (Wildman–Crippen MR) is 123 cm³/mol. The van der Waals surface area contributed by atoms with E-state index in [0.717, 1.165) is 34.1 Å². The second-order valence-corrected chi connectivity index (χ2v) is 8.47. The topological polar surface area (TPSA) is 47.4 Å². The van der Waals surface area contributed by atoms with E-state index >= 15 is 0 Å². The van der Waals surface area contributed by atoms with Crippen LogP contribution in [-0.2, 0) is 21.5 Å². The molecule has 0 bridgehead atoms. The Labute approximate surface area is 182 Å². The van der Waals surface area contributed by atoms with Gasteiger partial charge in [0.2, 0.25) is 5.91 Å². The number of hydrogen-bond acceptors (Lipinski definition) is 3. The highest BCUT2D eigenvalue weighted by atomic mass is 16.5. The summed E-state index contributed by atoms with van der Waals surface area (Å²) in [5.41, 5.74) is 5.02. The van der Waals surface area contributed by atoms with E-state index in [4.69, 9.17) is 4.74 Å². The third kappa shape index (κ3) is 3.03. The van der Waals surface area contributed by atoms with Gasteiger partial charge >= 0.3 is 0 Å². The van der Waals surface area contributed by atoms with Crippen LogP contribution in [0.15, 0.2) is 73.0 Å². The highest BCUT2D eigenvalue weighted by Crippen LogP contribution is 2.66. The molecule has 1 aliphatic heterocycles. The maximum Gasteiger partial charge on any atom is 0.238 e. The molecule has 1 aromatic heterocycles. The van der Waals surface area contributed by atoms with E-state index in [1.54, 1.807) is 7.11 Å². The molecule has 3 aromatic rings. The van der Waals surface area contributed by atoms with Crippen molar-refractivity contribution in [2.45, 2.75) is 31.2 Å². The van der Waals surface area contributed by atoms with Gasteiger partial charge in [-0.05, 0) is 42.2 Å². The summed E-state index contributed by atoms with van der Waals surface area (Å²) in [5, 5.41) is 5.66. The highest BCUT2D eigenvalue weighted by Gasteiger charge is 2.67. The van der Waals surface area contributed by atoms with Crippen LogP contribution in [0.25, 0.3) is 10.9 Å². The minimum atomic E-state index is -0.447. The fraction of sp³-hybridized carbons (Fsp3) is 0.308. The molecule has 2 aliphatic rings. The van der Waals surface area contributed by atoms with E-state index in [9.17, 15) is 4.79 Å². The second kappa shape index (κ2) is 7.50. The van der Waals surface area contributed by atoms with Gasteiger partial charge in [0, 0.05) is 30.6 Å². The molecular formula is C26H27N3O2. The van der Waals surface area contributed by atoms with Gasteiger partial charge in [-0.1, -0.05) is 49.1 Å². The quantitative estimate of drug-likeness (QED) is 0.533. The minimum Gasteiger partial charge on any atom is -0.383 e. The van der Waals surface area contributed by atoms with Gasteiger partial charge < -0.3 is 9.64 Å². The van der Waals surface area contributed by atoms with Gasteiger partial charge in [0.05, 0.1) is 30.3 Å². The normalized spacial score (nSPS) is 22.1. The molecule has 2 aromatic carbocycles. The van der Waals surface area contributed by atoms with Crippen LogP contribution < -0.4 is 4.90 Å². The van der Waals surface area contributed by atoms with Crippen LogP contribution in [0.5, 0.6) is 0 Å². The SMILES string of the molecule is C=C(C=CC)Cn1ncc2ccc(C3CC34C(=O)N(CCOC)c3ccccc34)cc21. The summed E-state index contributed by atoms with van der Waals surface area (Å²) in [6, 6.07) is 14.7. The molecule has 0 saturated heterocycles. The number of benzene rings is 2. The minimum absolute atomic E-state index is 0.181. The first kappa shape index (κ1) is 19.8. The number of nitrogens with zero attached hydrogens (tertiary/aromatic N) is 3. The molecular weight excluding hydrogens is 386 g/mol. The van der Waals surface area contributed by atoms with Crippen molar-refractivity contribution >= 4 is 22.5 Å². The van der Waals surface area contributed by atoms with Crippen molar-refractivity contribution in [2.24, 2.45) is 0 Å². The Bertz CT molecular complexity index is 1210. The van der Waals surface area contributed by atoms with Gasteiger partial charge in [0.1, 0.15) is 0 Å². The van der Waals surface area contributed by atoms with Crippen molar-refractivity contribution < 1.29 is 9.53 Å². The zero-order chi connectivity index (χ0) is 21.6. The molecule has 5 rings (SSSR count). The Morgan fingerprint density at radius 2 is 2.16 bits per heavy atom. The van der Waals surface area contributed by atoms with E-state index in [0.29, 0.717) is 19.7 Å². The molecule has 31 heavy (non-hydrogen) atoms. The van der Waals surface area contributed by atoms with E-state index in [1.807, 2.05) is 47.0 Å². The molecule has 1 amide bonds. The van der Waals surface area contributed by atoms with Crippen LogP contribution in [0.3, 0.4) is 0 Å². The van der Waals surface area contributed by atoms with Crippen LogP contribution in [0.1, 0.15) is 30.4 Å². The Kier molecular flexibility index (Phi) is 4.78. The number of aromatic nitrogens is 2. The van der Waals surface area contributed by atoms with Gasteiger partial charge in [-0.3, -0.25) is 9.48 Å². The summed E-state index contributed by atoms with van der Waals surface area (Å²) >= 11 is 0. The summed E-state index contributed by atoms with van der Waals surface area (Å²) in [6.45, 7) is 7.87. The summed E-state index contributed by atoms with van der Waals surface area (Å²) in [7, 11) is 1.67. The van der Waals surface area contributed by atoms with E-state index in [2.05, 4.69) is 42.0 Å². The van der Waals surface area contributed by atoms with Crippen LogP contribution in [-0.4, -0.2) is 35.9 Å². The Balaban J connectivity index is 1.50. The van der Waals surface area contributed by atoms with Gasteiger partial charge in [-0.25, -0.2) is 0 Å². The molecule has 1 fully saturated rings. The first-order chi connectivity index (χ1) is 15.1. The monoisotopic (exact) mass is 413 g/mol. The number of anilines is 1. The number of carbonyl (C=O) groups is 1. The third-order valence-electron chi connectivity index (χ3n) is 6.61.